The number of benzene rings is 2. The first kappa shape index (κ1) is 24.0. The number of anilines is 2. The molecule has 0 atom stereocenters. The van der Waals surface area contributed by atoms with Gasteiger partial charge in [-0.2, -0.15) is 4.68 Å². The Morgan fingerprint density at radius 2 is 1.71 bits per heavy atom. The van der Waals surface area contributed by atoms with Gasteiger partial charge in [0.2, 0.25) is 0 Å². The number of fused-ring (bicyclic) bond motifs is 1. The maximum Gasteiger partial charge on any atom is 0.573 e. The first-order chi connectivity index (χ1) is 16.5. The first-order valence-electron chi connectivity index (χ1n) is 10.5. The van der Waals surface area contributed by atoms with Crippen LogP contribution in [0.4, 0.5) is 24.7 Å². The Morgan fingerprint density at radius 3 is 2.37 bits per heavy atom. The number of aryl methyl sites for hydroxylation is 1. The van der Waals surface area contributed by atoms with Crippen LogP contribution in [0.15, 0.2) is 70.4 Å². The molecule has 8 nitrogen and oxygen atoms in total. The molecule has 0 radical (unpaired) electrons. The molecule has 0 fully saturated rings. The molecular formula is C24H22F3N5O3. The quantitative estimate of drug-likeness (QED) is 0.448. The van der Waals surface area contributed by atoms with E-state index >= 15 is 0 Å². The zero-order valence-corrected chi connectivity index (χ0v) is 19.1. The molecule has 4 aromatic rings. The number of hydrogen-bond acceptors (Lipinski definition) is 6. The van der Waals surface area contributed by atoms with Crippen LogP contribution in [0, 0.1) is 0 Å². The molecule has 2 aromatic carbocycles. The van der Waals surface area contributed by atoms with Crippen LogP contribution in [0.25, 0.3) is 16.5 Å². The second kappa shape index (κ2) is 9.26. The molecule has 11 heteroatoms. The van der Waals surface area contributed by atoms with E-state index in [1.165, 1.54) is 16.7 Å². The predicted octanol–water partition coefficient (Wildman–Crippen LogP) is 3.79. The van der Waals surface area contributed by atoms with E-state index in [1.54, 1.807) is 37.5 Å². The van der Waals surface area contributed by atoms with Gasteiger partial charge >= 0.3 is 6.36 Å². The summed E-state index contributed by atoms with van der Waals surface area (Å²) in [6.07, 6.45) is -3.22. The average molecular weight is 485 g/mol. The van der Waals surface area contributed by atoms with Crippen molar-refractivity contribution in [3.63, 3.8) is 0 Å². The van der Waals surface area contributed by atoms with E-state index in [2.05, 4.69) is 15.2 Å². The lowest BCUT2D eigenvalue weighted by Gasteiger charge is -2.15. The number of pyridine rings is 1. The van der Waals surface area contributed by atoms with Crippen molar-refractivity contribution in [3.8, 4) is 11.4 Å². The molecule has 0 aliphatic heterocycles. The third kappa shape index (κ3) is 5.35. The van der Waals surface area contributed by atoms with Crippen molar-refractivity contribution in [2.45, 2.75) is 12.9 Å². The molecule has 0 aliphatic rings. The second-order valence-corrected chi connectivity index (χ2v) is 8.19. The van der Waals surface area contributed by atoms with Crippen molar-refractivity contribution in [1.82, 2.24) is 19.2 Å². The topological polar surface area (TPSA) is 81.4 Å². The van der Waals surface area contributed by atoms with E-state index in [1.807, 2.05) is 25.1 Å². The fourth-order valence-electron chi connectivity index (χ4n) is 3.63. The SMILES string of the molecule is CN(C)Cc1ccc2c(Nc3cccn(C)c3=O)nn(-c3ccc(OC(F)(F)F)cc3)c(=O)c2c1. The number of alkyl halides is 3. The highest BCUT2D eigenvalue weighted by atomic mass is 19.4. The van der Waals surface area contributed by atoms with Crippen LogP contribution in [0.2, 0.25) is 0 Å². The molecule has 0 spiro atoms. The van der Waals surface area contributed by atoms with Crippen LogP contribution >= 0.6 is 0 Å². The molecule has 0 saturated heterocycles. The summed E-state index contributed by atoms with van der Waals surface area (Å²) in [5.74, 6) is -0.176. The number of halogens is 3. The number of nitrogens with zero attached hydrogens (tertiary/aromatic N) is 4. The van der Waals surface area contributed by atoms with Gasteiger partial charge in [0.25, 0.3) is 11.1 Å². The lowest BCUT2D eigenvalue weighted by molar-refractivity contribution is -0.274. The molecule has 182 valence electrons. The first-order valence-corrected chi connectivity index (χ1v) is 10.5. The lowest BCUT2D eigenvalue weighted by Crippen LogP contribution is -2.24. The van der Waals surface area contributed by atoms with Crippen molar-refractivity contribution in [3.05, 3.63) is 87.1 Å². The van der Waals surface area contributed by atoms with Crippen LogP contribution in [-0.2, 0) is 13.6 Å². The minimum atomic E-state index is -4.83. The van der Waals surface area contributed by atoms with Gasteiger partial charge in [-0.3, -0.25) is 9.59 Å². The van der Waals surface area contributed by atoms with Gasteiger partial charge in [0.1, 0.15) is 11.4 Å². The highest BCUT2D eigenvalue weighted by Crippen LogP contribution is 2.26. The van der Waals surface area contributed by atoms with Gasteiger partial charge in [-0.1, -0.05) is 12.1 Å². The lowest BCUT2D eigenvalue weighted by atomic mass is 10.1. The van der Waals surface area contributed by atoms with E-state index in [4.69, 9.17) is 0 Å². The van der Waals surface area contributed by atoms with Crippen molar-refractivity contribution in [1.29, 1.82) is 0 Å². The molecule has 0 saturated carbocycles. The summed E-state index contributed by atoms with van der Waals surface area (Å²) < 4.78 is 44.0. The van der Waals surface area contributed by atoms with Crippen molar-refractivity contribution < 1.29 is 17.9 Å². The molecule has 0 aliphatic carbocycles. The summed E-state index contributed by atoms with van der Waals surface area (Å²) in [7, 11) is 5.41. The average Bonchev–Trinajstić information content (AvgIpc) is 2.78. The third-order valence-electron chi connectivity index (χ3n) is 5.15. The maximum absolute atomic E-state index is 13.4. The van der Waals surface area contributed by atoms with Crippen LogP contribution in [0.5, 0.6) is 5.75 Å². The summed E-state index contributed by atoms with van der Waals surface area (Å²) in [6, 6.07) is 13.4. The second-order valence-electron chi connectivity index (χ2n) is 8.19. The zero-order valence-electron chi connectivity index (χ0n) is 19.1. The standard InChI is InChI=1S/C24H22F3N5O3/c1-30(2)14-15-6-11-18-19(13-15)22(33)32(16-7-9-17(10-8-16)35-24(25,26)27)29-21(18)28-20-5-4-12-31(3)23(20)34/h4-13H,14H2,1-3H3,(H,28,29). The van der Waals surface area contributed by atoms with Gasteiger partial charge in [0.15, 0.2) is 5.82 Å². The van der Waals surface area contributed by atoms with Gasteiger partial charge in [-0.25, -0.2) is 0 Å². The Kier molecular flexibility index (Phi) is 6.35. The number of rotatable bonds is 6. The molecule has 1 N–H and O–H groups in total. The van der Waals surface area contributed by atoms with E-state index in [0.29, 0.717) is 17.3 Å². The molecular weight excluding hydrogens is 463 g/mol. The summed E-state index contributed by atoms with van der Waals surface area (Å²) >= 11 is 0. The van der Waals surface area contributed by atoms with Crippen LogP contribution < -0.4 is 21.2 Å². The fourth-order valence-corrected chi connectivity index (χ4v) is 3.63. The predicted molar refractivity (Wildman–Crippen MR) is 126 cm³/mol. The smallest absolute Gasteiger partial charge is 0.406 e. The summed E-state index contributed by atoms with van der Waals surface area (Å²) in [4.78, 5) is 27.9. The van der Waals surface area contributed by atoms with Crippen molar-refractivity contribution in [2.24, 2.45) is 7.05 Å². The third-order valence-corrected chi connectivity index (χ3v) is 5.15. The van der Waals surface area contributed by atoms with Gasteiger partial charge in [-0.05, 0) is 62.1 Å². The van der Waals surface area contributed by atoms with Gasteiger partial charge in [-0.15, -0.1) is 18.3 Å². The molecule has 0 bridgehead atoms. The Hall–Kier alpha value is -4.12. The van der Waals surface area contributed by atoms with Gasteiger partial charge in [0.05, 0.1) is 11.1 Å². The summed E-state index contributed by atoms with van der Waals surface area (Å²) in [6.45, 7) is 0.586. The number of hydrogen-bond donors (Lipinski definition) is 1. The molecule has 4 rings (SSSR count). The molecule has 0 unspecified atom stereocenters. The normalized spacial score (nSPS) is 11.7. The highest BCUT2D eigenvalue weighted by Gasteiger charge is 2.31. The number of aromatic nitrogens is 3. The Balaban J connectivity index is 1.88. The Bertz CT molecular complexity index is 1490. The van der Waals surface area contributed by atoms with Crippen LogP contribution in [-0.4, -0.2) is 39.7 Å². The molecule has 2 aromatic heterocycles. The number of ether oxygens (including phenoxy) is 1. The van der Waals surface area contributed by atoms with Crippen LogP contribution in [0.3, 0.4) is 0 Å². The minimum absolute atomic E-state index is 0.230. The highest BCUT2D eigenvalue weighted by molar-refractivity contribution is 5.93. The maximum atomic E-state index is 13.4. The summed E-state index contributed by atoms with van der Waals surface area (Å²) in [5.41, 5.74) is 0.608. The summed E-state index contributed by atoms with van der Waals surface area (Å²) in [5, 5.41) is 8.25. The number of nitrogens with one attached hydrogen (secondary N) is 1. The van der Waals surface area contributed by atoms with Crippen molar-refractivity contribution in [2.75, 3.05) is 19.4 Å². The fraction of sp³-hybridized carbons (Fsp3) is 0.208. The molecule has 2 heterocycles. The van der Waals surface area contributed by atoms with Gasteiger partial charge in [0, 0.05) is 25.2 Å². The largest absolute Gasteiger partial charge is 0.573 e. The van der Waals surface area contributed by atoms with Crippen LogP contribution in [0.1, 0.15) is 5.56 Å². The molecule has 35 heavy (non-hydrogen) atoms. The zero-order chi connectivity index (χ0) is 25.3. The Labute approximate surface area is 197 Å². The van der Waals surface area contributed by atoms with Crippen molar-refractivity contribution >= 4 is 22.3 Å². The van der Waals surface area contributed by atoms with E-state index < -0.39 is 17.7 Å². The van der Waals surface area contributed by atoms with Gasteiger partial charge < -0.3 is 19.5 Å². The van der Waals surface area contributed by atoms with E-state index in [0.717, 1.165) is 22.4 Å². The van der Waals surface area contributed by atoms with E-state index in [-0.39, 0.29) is 22.8 Å². The van der Waals surface area contributed by atoms with E-state index in [9.17, 15) is 22.8 Å². The molecule has 0 amide bonds. The monoisotopic (exact) mass is 485 g/mol. The minimum Gasteiger partial charge on any atom is -0.406 e. The Morgan fingerprint density at radius 1 is 1.00 bits per heavy atom.